The third kappa shape index (κ3) is 4.34. The Morgan fingerprint density at radius 3 is 2.04 bits per heavy atom. The van der Waals surface area contributed by atoms with Gasteiger partial charge in [0.2, 0.25) is 0 Å². The molecule has 5 heteroatoms. The maximum atomic E-state index is 10.8. The maximum absolute atomic E-state index is 10.8. The molecule has 0 bridgehead atoms. The van der Waals surface area contributed by atoms with Gasteiger partial charge in [0, 0.05) is 32.7 Å². The molecule has 0 atom stereocenters. The van der Waals surface area contributed by atoms with E-state index in [9.17, 15) is 4.79 Å². The molecule has 1 heterocycles. The van der Waals surface area contributed by atoms with E-state index in [0.717, 1.165) is 38.5 Å². The van der Waals surface area contributed by atoms with Crippen LogP contribution >= 0.6 is 0 Å². The van der Waals surface area contributed by atoms with Crippen molar-refractivity contribution in [2.45, 2.75) is 6.54 Å². The second-order valence-corrected chi connectivity index (χ2v) is 6.15. The summed E-state index contributed by atoms with van der Waals surface area (Å²) in [6.07, 6.45) is 0. The lowest BCUT2D eigenvalue weighted by Gasteiger charge is -2.32. The molecule has 24 heavy (non-hydrogen) atoms. The fourth-order valence-corrected chi connectivity index (χ4v) is 2.73. The summed E-state index contributed by atoms with van der Waals surface area (Å²) in [4.78, 5) is 15.7. The van der Waals surface area contributed by atoms with Crippen molar-refractivity contribution >= 4 is 5.97 Å². The van der Waals surface area contributed by atoms with E-state index < -0.39 is 5.97 Å². The number of benzene rings is 2. The molecule has 0 spiro atoms. The topological polar surface area (TPSA) is 53.0 Å². The number of rotatable bonds is 5. The van der Waals surface area contributed by atoms with E-state index in [-0.39, 0.29) is 5.56 Å². The molecule has 5 nitrogen and oxygen atoms in total. The second kappa shape index (κ2) is 7.47. The quantitative estimate of drug-likeness (QED) is 0.915. The van der Waals surface area contributed by atoms with Crippen molar-refractivity contribution in [3.63, 3.8) is 0 Å². The summed E-state index contributed by atoms with van der Waals surface area (Å²) in [5.41, 5.74) is 1.53. The van der Waals surface area contributed by atoms with Crippen molar-refractivity contribution in [2.75, 3.05) is 33.2 Å². The van der Waals surface area contributed by atoms with E-state index in [4.69, 9.17) is 9.84 Å². The molecule has 0 radical (unpaired) electrons. The molecule has 3 rings (SSSR count). The minimum absolute atomic E-state index is 0.255. The number of ether oxygens (including phenoxy) is 1. The average Bonchev–Trinajstić information content (AvgIpc) is 2.59. The van der Waals surface area contributed by atoms with Crippen molar-refractivity contribution < 1.29 is 14.6 Å². The first-order valence-electron chi connectivity index (χ1n) is 8.11. The van der Waals surface area contributed by atoms with Crippen LogP contribution in [-0.2, 0) is 6.54 Å². The molecular weight excluding hydrogens is 304 g/mol. The van der Waals surface area contributed by atoms with Gasteiger partial charge in [-0.3, -0.25) is 4.90 Å². The molecule has 2 aromatic carbocycles. The van der Waals surface area contributed by atoms with Crippen molar-refractivity contribution in [1.29, 1.82) is 0 Å². The van der Waals surface area contributed by atoms with Gasteiger partial charge in [-0.25, -0.2) is 4.79 Å². The van der Waals surface area contributed by atoms with Crippen LogP contribution < -0.4 is 4.74 Å². The molecule has 1 fully saturated rings. The molecule has 0 unspecified atom stereocenters. The maximum Gasteiger partial charge on any atom is 0.335 e. The third-order valence-corrected chi connectivity index (χ3v) is 4.26. The lowest BCUT2D eigenvalue weighted by Crippen LogP contribution is -2.43. The Kier molecular flexibility index (Phi) is 5.13. The number of nitrogens with zero attached hydrogens (tertiary/aromatic N) is 2. The molecule has 0 saturated carbocycles. The number of aromatic carboxylic acids is 1. The monoisotopic (exact) mass is 326 g/mol. The van der Waals surface area contributed by atoms with Crippen LogP contribution in [0.15, 0.2) is 48.5 Å². The predicted molar refractivity (Wildman–Crippen MR) is 92.7 cm³/mol. The summed E-state index contributed by atoms with van der Waals surface area (Å²) >= 11 is 0. The Hall–Kier alpha value is -2.37. The molecule has 0 aliphatic carbocycles. The number of carboxylic acid groups (broad SMARTS) is 1. The Morgan fingerprint density at radius 2 is 1.50 bits per heavy atom. The van der Waals surface area contributed by atoms with E-state index >= 15 is 0 Å². The first-order valence-corrected chi connectivity index (χ1v) is 8.11. The zero-order chi connectivity index (χ0) is 16.9. The zero-order valence-corrected chi connectivity index (χ0v) is 13.8. The second-order valence-electron chi connectivity index (χ2n) is 6.15. The van der Waals surface area contributed by atoms with Crippen LogP contribution in [0.5, 0.6) is 11.5 Å². The van der Waals surface area contributed by atoms with Crippen LogP contribution in [0.25, 0.3) is 0 Å². The van der Waals surface area contributed by atoms with Crippen LogP contribution in [0, 0.1) is 0 Å². The van der Waals surface area contributed by atoms with Gasteiger partial charge in [0.1, 0.15) is 11.5 Å². The summed E-state index contributed by atoms with van der Waals surface area (Å²) in [6, 6.07) is 14.5. The molecule has 0 aromatic heterocycles. The normalized spacial score (nSPS) is 16.0. The van der Waals surface area contributed by atoms with Gasteiger partial charge in [-0.15, -0.1) is 0 Å². The number of carbonyl (C=O) groups is 1. The minimum Gasteiger partial charge on any atom is -0.478 e. The Morgan fingerprint density at radius 1 is 0.958 bits per heavy atom. The highest BCUT2D eigenvalue weighted by molar-refractivity contribution is 5.87. The molecule has 1 N–H and O–H groups in total. The highest BCUT2D eigenvalue weighted by Crippen LogP contribution is 2.22. The van der Waals surface area contributed by atoms with Crippen LogP contribution in [-0.4, -0.2) is 54.1 Å². The number of piperazine rings is 1. The van der Waals surface area contributed by atoms with Crippen LogP contribution in [0.2, 0.25) is 0 Å². The van der Waals surface area contributed by atoms with E-state index in [1.54, 1.807) is 24.3 Å². The standard InChI is InChI=1S/C19H22N2O3/c1-20-10-12-21(13-11-20)14-15-2-6-17(7-3-15)24-18-8-4-16(5-9-18)19(22)23/h2-9H,10-14H2,1H3,(H,22,23). The lowest BCUT2D eigenvalue weighted by molar-refractivity contribution is 0.0697. The minimum atomic E-state index is -0.935. The Bertz CT molecular complexity index is 675. The highest BCUT2D eigenvalue weighted by atomic mass is 16.5. The van der Waals surface area contributed by atoms with Gasteiger partial charge in [-0.05, 0) is 49.0 Å². The Balaban J connectivity index is 1.57. The summed E-state index contributed by atoms with van der Waals surface area (Å²) in [5, 5.41) is 8.90. The zero-order valence-electron chi connectivity index (χ0n) is 13.8. The van der Waals surface area contributed by atoms with E-state index in [1.807, 2.05) is 12.1 Å². The van der Waals surface area contributed by atoms with Crippen LogP contribution in [0.1, 0.15) is 15.9 Å². The van der Waals surface area contributed by atoms with Crippen LogP contribution in [0.4, 0.5) is 0 Å². The third-order valence-electron chi connectivity index (χ3n) is 4.26. The van der Waals surface area contributed by atoms with E-state index in [1.165, 1.54) is 5.56 Å². The largest absolute Gasteiger partial charge is 0.478 e. The van der Waals surface area contributed by atoms with Gasteiger partial charge < -0.3 is 14.7 Å². The molecular formula is C19H22N2O3. The molecule has 126 valence electrons. The fraction of sp³-hybridized carbons (Fsp3) is 0.316. The SMILES string of the molecule is CN1CCN(Cc2ccc(Oc3ccc(C(=O)O)cc3)cc2)CC1. The summed E-state index contributed by atoms with van der Waals surface area (Å²) < 4.78 is 5.76. The lowest BCUT2D eigenvalue weighted by atomic mass is 10.2. The molecule has 1 aliphatic rings. The van der Waals surface area contributed by atoms with Gasteiger partial charge in [-0.2, -0.15) is 0 Å². The predicted octanol–water partition coefficient (Wildman–Crippen LogP) is 2.92. The first kappa shape index (κ1) is 16.5. The first-order chi connectivity index (χ1) is 11.6. The summed E-state index contributed by atoms with van der Waals surface area (Å²) in [7, 11) is 2.16. The average molecular weight is 326 g/mol. The van der Waals surface area contributed by atoms with Gasteiger partial charge >= 0.3 is 5.97 Å². The number of hydrogen-bond donors (Lipinski definition) is 1. The van der Waals surface area contributed by atoms with E-state index in [0.29, 0.717) is 5.75 Å². The Labute approximate surface area is 142 Å². The number of hydrogen-bond acceptors (Lipinski definition) is 4. The summed E-state index contributed by atoms with van der Waals surface area (Å²) in [6.45, 7) is 5.40. The highest BCUT2D eigenvalue weighted by Gasteiger charge is 2.13. The number of likely N-dealkylation sites (N-methyl/N-ethyl adjacent to an activating group) is 1. The van der Waals surface area contributed by atoms with Gasteiger partial charge in [0.25, 0.3) is 0 Å². The summed E-state index contributed by atoms with van der Waals surface area (Å²) in [5.74, 6) is 0.446. The van der Waals surface area contributed by atoms with Crippen molar-refractivity contribution in [3.05, 3.63) is 59.7 Å². The van der Waals surface area contributed by atoms with Crippen molar-refractivity contribution in [1.82, 2.24) is 9.80 Å². The molecule has 0 amide bonds. The van der Waals surface area contributed by atoms with E-state index in [2.05, 4.69) is 29.0 Å². The van der Waals surface area contributed by atoms with Crippen molar-refractivity contribution in [3.8, 4) is 11.5 Å². The molecule has 1 saturated heterocycles. The number of carboxylic acids is 1. The van der Waals surface area contributed by atoms with Crippen molar-refractivity contribution in [2.24, 2.45) is 0 Å². The van der Waals surface area contributed by atoms with Gasteiger partial charge in [0.15, 0.2) is 0 Å². The van der Waals surface area contributed by atoms with Gasteiger partial charge in [-0.1, -0.05) is 12.1 Å². The van der Waals surface area contributed by atoms with Crippen LogP contribution in [0.3, 0.4) is 0 Å². The van der Waals surface area contributed by atoms with Gasteiger partial charge in [0.05, 0.1) is 5.56 Å². The molecule has 1 aliphatic heterocycles. The fourth-order valence-electron chi connectivity index (χ4n) is 2.73. The molecule has 2 aromatic rings. The smallest absolute Gasteiger partial charge is 0.335 e.